The van der Waals surface area contributed by atoms with Crippen molar-refractivity contribution in [3.63, 3.8) is 0 Å². The SMILES string of the molecule is CNCCCCCCCCCCCCNC(=O)F. The Hall–Kier alpha value is -0.640. The molecule has 108 valence electrons. The Kier molecular flexibility index (Phi) is 13.9. The largest absolute Gasteiger partial charge is 0.397 e. The fourth-order valence-electron chi connectivity index (χ4n) is 2.03. The topological polar surface area (TPSA) is 41.1 Å². The standard InChI is InChI=1S/C14H29FN2O/c1-16-12-10-8-6-4-2-3-5-7-9-11-13-17-14(15)18/h16H,2-13H2,1H3,(H,17,18). The minimum atomic E-state index is -1.41. The smallest absolute Gasteiger partial charge is 0.328 e. The maximum Gasteiger partial charge on any atom is 0.397 e. The van der Waals surface area contributed by atoms with Gasteiger partial charge in [0.1, 0.15) is 0 Å². The molecule has 18 heavy (non-hydrogen) atoms. The van der Waals surface area contributed by atoms with Gasteiger partial charge in [0.15, 0.2) is 0 Å². The molecular weight excluding hydrogens is 231 g/mol. The highest BCUT2D eigenvalue weighted by Gasteiger charge is 1.95. The molecule has 0 unspecified atom stereocenters. The molecule has 3 nitrogen and oxygen atoms in total. The van der Waals surface area contributed by atoms with Crippen molar-refractivity contribution in [3.8, 4) is 0 Å². The van der Waals surface area contributed by atoms with Crippen molar-refractivity contribution in [3.05, 3.63) is 0 Å². The number of nitrogens with one attached hydrogen (secondary N) is 2. The summed E-state index contributed by atoms with van der Waals surface area (Å²) in [4.78, 5) is 9.96. The van der Waals surface area contributed by atoms with Gasteiger partial charge in [0.25, 0.3) is 0 Å². The normalized spacial score (nSPS) is 10.6. The summed E-state index contributed by atoms with van der Waals surface area (Å²) >= 11 is 0. The number of hydrogen-bond acceptors (Lipinski definition) is 2. The van der Waals surface area contributed by atoms with E-state index in [9.17, 15) is 9.18 Å². The molecule has 0 saturated heterocycles. The van der Waals surface area contributed by atoms with E-state index in [-0.39, 0.29) is 0 Å². The molecule has 0 aromatic carbocycles. The average molecular weight is 260 g/mol. The third-order valence-electron chi connectivity index (χ3n) is 3.12. The van der Waals surface area contributed by atoms with Gasteiger partial charge in [-0.15, -0.1) is 4.39 Å². The Balaban J connectivity index is 2.92. The predicted octanol–water partition coefficient (Wildman–Crippen LogP) is 3.79. The molecule has 1 amide bonds. The maximum absolute atomic E-state index is 11.8. The Morgan fingerprint density at radius 1 is 0.778 bits per heavy atom. The van der Waals surface area contributed by atoms with E-state index in [4.69, 9.17) is 0 Å². The van der Waals surface area contributed by atoms with Crippen LogP contribution < -0.4 is 10.6 Å². The third kappa shape index (κ3) is 15.4. The summed E-state index contributed by atoms with van der Waals surface area (Å²) in [6.45, 7) is 1.61. The Bertz CT molecular complexity index is 189. The number of hydrogen-bond donors (Lipinski definition) is 2. The van der Waals surface area contributed by atoms with Gasteiger partial charge >= 0.3 is 6.16 Å². The molecule has 0 aliphatic carbocycles. The van der Waals surface area contributed by atoms with Crippen molar-refractivity contribution in [1.29, 1.82) is 0 Å². The van der Waals surface area contributed by atoms with Crippen LogP contribution in [0.15, 0.2) is 0 Å². The van der Waals surface area contributed by atoms with Gasteiger partial charge in [-0.2, -0.15) is 0 Å². The lowest BCUT2D eigenvalue weighted by Gasteiger charge is -2.03. The summed E-state index contributed by atoms with van der Waals surface area (Å²) < 4.78 is 11.8. The van der Waals surface area contributed by atoms with Crippen LogP contribution in [0.2, 0.25) is 0 Å². The molecule has 2 N–H and O–H groups in total. The molecule has 0 radical (unpaired) electrons. The van der Waals surface area contributed by atoms with Crippen molar-refractivity contribution in [2.45, 2.75) is 64.2 Å². The Morgan fingerprint density at radius 2 is 1.17 bits per heavy atom. The second-order valence-corrected chi connectivity index (χ2v) is 4.84. The first-order valence-electron chi connectivity index (χ1n) is 7.35. The van der Waals surface area contributed by atoms with Gasteiger partial charge in [0.05, 0.1) is 0 Å². The molecule has 0 fully saturated rings. The van der Waals surface area contributed by atoms with E-state index in [0.29, 0.717) is 6.54 Å². The number of amides is 1. The average Bonchev–Trinajstić information content (AvgIpc) is 2.34. The van der Waals surface area contributed by atoms with Crippen LogP contribution in [-0.4, -0.2) is 26.3 Å². The van der Waals surface area contributed by atoms with Gasteiger partial charge in [-0.25, -0.2) is 4.79 Å². The lowest BCUT2D eigenvalue weighted by Crippen LogP contribution is -2.18. The zero-order chi connectivity index (χ0) is 13.5. The third-order valence-corrected chi connectivity index (χ3v) is 3.12. The van der Waals surface area contributed by atoms with Crippen molar-refractivity contribution < 1.29 is 9.18 Å². The highest BCUT2D eigenvalue weighted by atomic mass is 19.1. The summed E-state index contributed by atoms with van der Waals surface area (Å²) in [7, 11) is 2.00. The zero-order valence-electron chi connectivity index (χ0n) is 11.8. The van der Waals surface area contributed by atoms with Gasteiger partial charge in [-0.1, -0.05) is 51.4 Å². The van der Waals surface area contributed by atoms with Crippen LogP contribution in [0.5, 0.6) is 0 Å². The first-order valence-corrected chi connectivity index (χ1v) is 7.35. The molecule has 0 saturated carbocycles. The van der Waals surface area contributed by atoms with Crippen LogP contribution in [0.25, 0.3) is 0 Å². The summed E-state index contributed by atoms with van der Waals surface area (Å²) in [5, 5.41) is 5.33. The minimum absolute atomic E-state index is 0.473. The van der Waals surface area contributed by atoms with E-state index in [1.807, 2.05) is 7.05 Å². The quantitative estimate of drug-likeness (QED) is 0.300. The molecule has 0 aliphatic rings. The Morgan fingerprint density at radius 3 is 1.56 bits per heavy atom. The van der Waals surface area contributed by atoms with Crippen molar-refractivity contribution in [1.82, 2.24) is 10.6 Å². The zero-order valence-corrected chi connectivity index (χ0v) is 11.8. The van der Waals surface area contributed by atoms with Crippen LogP contribution in [0.1, 0.15) is 64.2 Å². The van der Waals surface area contributed by atoms with Crippen molar-refractivity contribution >= 4 is 6.16 Å². The Labute approximate surface area is 111 Å². The number of carbonyl (C=O) groups excluding carboxylic acids is 1. The molecule has 0 heterocycles. The van der Waals surface area contributed by atoms with E-state index >= 15 is 0 Å². The molecule has 0 aromatic heterocycles. The summed E-state index contributed by atoms with van der Waals surface area (Å²) in [5.74, 6) is 0. The van der Waals surface area contributed by atoms with Crippen LogP contribution in [-0.2, 0) is 0 Å². The maximum atomic E-state index is 11.8. The van der Waals surface area contributed by atoms with Crippen molar-refractivity contribution in [2.75, 3.05) is 20.1 Å². The number of carbonyl (C=O) groups is 1. The molecule has 0 aromatic rings. The van der Waals surface area contributed by atoms with Crippen LogP contribution in [0, 0.1) is 0 Å². The minimum Gasteiger partial charge on any atom is -0.328 e. The molecule has 4 heteroatoms. The second kappa shape index (κ2) is 14.4. The summed E-state index contributed by atoms with van der Waals surface area (Å²) in [6, 6.07) is 0. The fourth-order valence-corrected chi connectivity index (χ4v) is 2.03. The van der Waals surface area contributed by atoms with E-state index in [1.54, 1.807) is 0 Å². The second-order valence-electron chi connectivity index (χ2n) is 4.84. The molecule has 0 aliphatic heterocycles. The molecule has 0 rings (SSSR count). The summed E-state index contributed by atoms with van der Waals surface area (Å²) in [5.41, 5.74) is 0. The van der Waals surface area contributed by atoms with Gasteiger partial charge in [0, 0.05) is 6.54 Å². The molecule has 0 atom stereocenters. The van der Waals surface area contributed by atoms with Crippen LogP contribution in [0.4, 0.5) is 9.18 Å². The monoisotopic (exact) mass is 260 g/mol. The lowest BCUT2D eigenvalue weighted by molar-refractivity contribution is 0.221. The lowest BCUT2D eigenvalue weighted by atomic mass is 10.1. The number of rotatable bonds is 13. The number of halogens is 1. The van der Waals surface area contributed by atoms with Crippen molar-refractivity contribution in [2.24, 2.45) is 0 Å². The predicted molar refractivity (Wildman–Crippen MR) is 74.6 cm³/mol. The molecule has 0 bridgehead atoms. The van der Waals surface area contributed by atoms with Gasteiger partial charge < -0.3 is 10.6 Å². The van der Waals surface area contributed by atoms with Gasteiger partial charge in [-0.05, 0) is 26.4 Å². The van der Waals surface area contributed by atoms with Crippen LogP contribution >= 0.6 is 0 Å². The summed E-state index contributed by atoms with van der Waals surface area (Å²) in [6.07, 6.45) is 11.0. The van der Waals surface area contributed by atoms with Gasteiger partial charge in [-0.3, -0.25) is 0 Å². The first kappa shape index (κ1) is 17.4. The fraction of sp³-hybridized carbons (Fsp3) is 0.929. The number of unbranched alkanes of at least 4 members (excludes halogenated alkanes) is 9. The van der Waals surface area contributed by atoms with Gasteiger partial charge in [0.2, 0.25) is 0 Å². The molecular formula is C14H29FN2O. The van der Waals surface area contributed by atoms with E-state index in [1.165, 1.54) is 51.4 Å². The van der Waals surface area contributed by atoms with E-state index in [0.717, 1.165) is 19.4 Å². The highest BCUT2D eigenvalue weighted by molar-refractivity contribution is 5.65. The highest BCUT2D eigenvalue weighted by Crippen LogP contribution is 2.10. The van der Waals surface area contributed by atoms with Crippen LogP contribution in [0.3, 0.4) is 0 Å². The first-order chi connectivity index (χ1) is 8.77. The molecule has 0 spiro atoms. The van der Waals surface area contributed by atoms with E-state index < -0.39 is 6.16 Å². The van der Waals surface area contributed by atoms with E-state index in [2.05, 4.69) is 10.6 Å².